The molecule has 0 saturated heterocycles. The smallest absolute Gasteiger partial charge is 0.227 e. The molecule has 114 valence electrons. The van der Waals surface area contributed by atoms with Crippen LogP contribution in [0.3, 0.4) is 0 Å². The van der Waals surface area contributed by atoms with Gasteiger partial charge in [-0.3, -0.25) is 0 Å². The Morgan fingerprint density at radius 3 is 2.27 bits per heavy atom. The lowest BCUT2D eigenvalue weighted by Crippen LogP contribution is -2.26. The summed E-state index contributed by atoms with van der Waals surface area (Å²) >= 11 is 2.36. The molecule has 2 nitrogen and oxygen atoms in total. The maximum absolute atomic E-state index is 6.24. The summed E-state index contributed by atoms with van der Waals surface area (Å²) in [6, 6.07) is 18.5. The molecule has 0 amide bonds. The van der Waals surface area contributed by atoms with Gasteiger partial charge in [-0.25, -0.2) is 0 Å². The molecule has 0 saturated carbocycles. The lowest BCUT2D eigenvalue weighted by molar-refractivity contribution is -0.168. The van der Waals surface area contributed by atoms with Crippen molar-refractivity contribution in [3.8, 4) is 0 Å². The van der Waals surface area contributed by atoms with Crippen molar-refractivity contribution >= 4 is 31.9 Å². The van der Waals surface area contributed by atoms with Gasteiger partial charge in [0.25, 0.3) is 0 Å². The van der Waals surface area contributed by atoms with Gasteiger partial charge < -0.3 is 9.47 Å². The second kappa shape index (κ2) is 6.05. The Kier molecular flexibility index (Phi) is 4.28. The van der Waals surface area contributed by atoms with Gasteiger partial charge in [0.05, 0.1) is 9.18 Å². The van der Waals surface area contributed by atoms with E-state index in [1.54, 1.807) is 0 Å². The Morgan fingerprint density at radius 1 is 0.955 bits per heavy atom. The van der Waals surface area contributed by atoms with Crippen molar-refractivity contribution in [2.24, 2.45) is 0 Å². The van der Waals surface area contributed by atoms with E-state index < -0.39 is 0 Å². The molecule has 2 aromatic rings. The van der Waals surface area contributed by atoms with Crippen molar-refractivity contribution < 1.29 is 9.47 Å². The standard InChI is InChI=1S/C19H19IO2/c1-19(2,3)22-18-15-12-8-7-11-14(15)16(20)17(21-18)13-9-5-4-6-10-13/h4-12,18H,1-3H3. The molecule has 0 aliphatic carbocycles. The summed E-state index contributed by atoms with van der Waals surface area (Å²) in [5, 5.41) is 0. The van der Waals surface area contributed by atoms with Crippen molar-refractivity contribution in [3.05, 3.63) is 71.3 Å². The first-order chi connectivity index (χ1) is 10.5. The zero-order valence-corrected chi connectivity index (χ0v) is 15.1. The highest BCUT2D eigenvalue weighted by molar-refractivity contribution is 14.1. The molecule has 1 heterocycles. The van der Waals surface area contributed by atoms with Crippen molar-refractivity contribution in [2.45, 2.75) is 32.7 Å². The third-order valence-corrected chi connectivity index (χ3v) is 4.44. The van der Waals surface area contributed by atoms with Gasteiger partial charge in [-0.05, 0) is 43.4 Å². The van der Waals surface area contributed by atoms with Gasteiger partial charge >= 0.3 is 0 Å². The van der Waals surface area contributed by atoms with E-state index in [1.165, 1.54) is 5.56 Å². The third kappa shape index (κ3) is 3.20. The van der Waals surface area contributed by atoms with Crippen LogP contribution in [-0.2, 0) is 9.47 Å². The van der Waals surface area contributed by atoms with Crippen LogP contribution in [0.4, 0.5) is 0 Å². The number of benzene rings is 2. The van der Waals surface area contributed by atoms with Gasteiger partial charge in [0.15, 0.2) is 0 Å². The molecule has 1 unspecified atom stereocenters. The normalized spacial score (nSPS) is 17.9. The highest BCUT2D eigenvalue weighted by Crippen LogP contribution is 2.45. The first kappa shape index (κ1) is 15.6. The molecule has 3 rings (SSSR count). The second-order valence-electron chi connectivity index (χ2n) is 6.28. The molecule has 0 N–H and O–H groups in total. The van der Waals surface area contributed by atoms with Gasteiger partial charge in [-0.1, -0.05) is 54.6 Å². The predicted molar refractivity (Wildman–Crippen MR) is 98.4 cm³/mol. The molecule has 1 atom stereocenters. The Balaban J connectivity index is 2.09. The summed E-state index contributed by atoms with van der Waals surface area (Å²) in [6.45, 7) is 6.14. The average molecular weight is 406 g/mol. The van der Waals surface area contributed by atoms with E-state index in [4.69, 9.17) is 9.47 Å². The zero-order chi connectivity index (χ0) is 15.7. The molecular formula is C19H19IO2. The predicted octanol–water partition coefficient (Wildman–Crippen LogP) is 5.79. The van der Waals surface area contributed by atoms with Gasteiger partial charge in [0, 0.05) is 16.7 Å². The van der Waals surface area contributed by atoms with E-state index in [-0.39, 0.29) is 11.9 Å². The number of hydrogen-bond donors (Lipinski definition) is 0. The van der Waals surface area contributed by atoms with E-state index in [1.807, 2.05) is 45.0 Å². The van der Waals surface area contributed by atoms with Crippen LogP contribution in [0.5, 0.6) is 0 Å². The van der Waals surface area contributed by atoms with Crippen molar-refractivity contribution in [3.63, 3.8) is 0 Å². The molecular weight excluding hydrogens is 387 g/mol. The van der Waals surface area contributed by atoms with Crippen LogP contribution >= 0.6 is 22.6 Å². The summed E-state index contributed by atoms with van der Waals surface area (Å²) in [5.41, 5.74) is 3.07. The van der Waals surface area contributed by atoms with Crippen LogP contribution in [0.1, 0.15) is 43.8 Å². The minimum Gasteiger partial charge on any atom is -0.459 e. The second-order valence-corrected chi connectivity index (χ2v) is 7.36. The van der Waals surface area contributed by atoms with E-state index in [0.717, 1.165) is 20.5 Å². The van der Waals surface area contributed by atoms with Crippen LogP contribution in [-0.4, -0.2) is 5.60 Å². The van der Waals surface area contributed by atoms with Crippen LogP contribution < -0.4 is 0 Å². The van der Waals surface area contributed by atoms with E-state index >= 15 is 0 Å². The molecule has 0 bridgehead atoms. The number of ether oxygens (including phenoxy) is 2. The van der Waals surface area contributed by atoms with Crippen molar-refractivity contribution in [2.75, 3.05) is 0 Å². The minimum absolute atomic E-state index is 0.275. The minimum atomic E-state index is -0.384. The summed E-state index contributed by atoms with van der Waals surface area (Å²) in [5.74, 6) is 0.883. The maximum Gasteiger partial charge on any atom is 0.227 e. The zero-order valence-electron chi connectivity index (χ0n) is 13.0. The number of hydrogen-bond acceptors (Lipinski definition) is 2. The van der Waals surface area contributed by atoms with E-state index in [2.05, 4.69) is 52.9 Å². The molecule has 1 aliphatic rings. The number of fused-ring (bicyclic) bond motifs is 1. The first-order valence-corrected chi connectivity index (χ1v) is 8.42. The molecule has 3 heteroatoms. The molecule has 22 heavy (non-hydrogen) atoms. The Labute approximate surface area is 145 Å². The van der Waals surface area contributed by atoms with E-state index in [9.17, 15) is 0 Å². The van der Waals surface area contributed by atoms with Crippen LogP contribution in [0.15, 0.2) is 54.6 Å². The number of rotatable bonds is 2. The molecule has 0 fully saturated rings. The SMILES string of the molecule is CC(C)(C)OC1OC(c2ccccc2)=C(I)c2ccccc21. The highest BCUT2D eigenvalue weighted by Gasteiger charge is 2.31. The first-order valence-electron chi connectivity index (χ1n) is 7.35. The summed E-state index contributed by atoms with van der Waals surface area (Å²) < 4.78 is 13.5. The highest BCUT2D eigenvalue weighted by atomic mass is 127. The van der Waals surface area contributed by atoms with Gasteiger partial charge in [0.2, 0.25) is 6.29 Å². The third-order valence-electron chi connectivity index (χ3n) is 3.37. The van der Waals surface area contributed by atoms with Gasteiger partial charge in [-0.15, -0.1) is 0 Å². The van der Waals surface area contributed by atoms with Crippen LogP contribution in [0, 0.1) is 0 Å². The molecule has 0 radical (unpaired) electrons. The number of halogens is 1. The van der Waals surface area contributed by atoms with Crippen molar-refractivity contribution in [1.82, 2.24) is 0 Å². The Morgan fingerprint density at radius 2 is 1.59 bits per heavy atom. The lowest BCUT2D eigenvalue weighted by Gasteiger charge is -2.33. The summed E-state index contributed by atoms with van der Waals surface area (Å²) in [7, 11) is 0. The fourth-order valence-electron chi connectivity index (χ4n) is 2.44. The maximum atomic E-state index is 6.24. The fourth-order valence-corrected chi connectivity index (χ4v) is 3.37. The molecule has 2 aromatic carbocycles. The van der Waals surface area contributed by atoms with Gasteiger partial charge in [-0.2, -0.15) is 0 Å². The van der Waals surface area contributed by atoms with Crippen LogP contribution in [0.2, 0.25) is 0 Å². The average Bonchev–Trinajstić information content (AvgIpc) is 2.50. The van der Waals surface area contributed by atoms with E-state index in [0.29, 0.717) is 0 Å². The monoisotopic (exact) mass is 406 g/mol. The Bertz CT molecular complexity index is 699. The molecule has 1 aliphatic heterocycles. The summed E-state index contributed by atoms with van der Waals surface area (Å²) in [6.07, 6.45) is -0.384. The fraction of sp³-hybridized carbons (Fsp3) is 0.263. The molecule has 0 spiro atoms. The molecule has 0 aromatic heterocycles. The largest absolute Gasteiger partial charge is 0.459 e. The van der Waals surface area contributed by atoms with Gasteiger partial charge in [0.1, 0.15) is 5.76 Å². The van der Waals surface area contributed by atoms with Crippen molar-refractivity contribution in [1.29, 1.82) is 0 Å². The van der Waals surface area contributed by atoms with Crippen LogP contribution in [0.25, 0.3) is 9.34 Å². The quantitative estimate of drug-likeness (QED) is 0.588. The lowest BCUT2D eigenvalue weighted by atomic mass is 10.0. The summed E-state index contributed by atoms with van der Waals surface area (Å²) in [4.78, 5) is 0. The topological polar surface area (TPSA) is 18.5 Å². The Hall–Kier alpha value is -1.33.